The van der Waals surface area contributed by atoms with Crippen LogP contribution in [0.3, 0.4) is 0 Å². The van der Waals surface area contributed by atoms with Crippen LogP contribution in [0.5, 0.6) is 0 Å². The minimum Gasteiger partial charge on any atom is -0.393 e. The average Bonchev–Trinajstić information content (AvgIpc) is 2.84. The fourth-order valence-electron chi connectivity index (χ4n) is 2.13. The Morgan fingerprint density at radius 3 is 2.95 bits per heavy atom. The van der Waals surface area contributed by atoms with Crippen LogP contribution in [0.2, 0.25) is 0 Å². The molecule has 3 rings (SSSR count). The topological polar surface area (TPSA) is 123 Å². The van der Waals surface area contributed by atoms with Gasteiger partial charge in [0.2, 0.25) is 5.82 Å². The molecule has 0 fully saturated rings. The Morgan fingerprint density at radius 2 is 2.19 bits per heavy atom. The smallest absolute Gasteiger partial charge is 0.334 e. The second-order valence-electron chi connectivity index (χ2n) is 4.60. The number of rotatable bonds is 3. The van der Waals surface area contributed by atoms with Gasteiger partial charge < -0.3 is 11.1 Å². The molecule has 8 heteroatoms. The maximum absolute atomic E-state index is 11.1. The predicted octanol–water partition coefficient (Wildman–Crippen LogP) is 2.50. The van der Waals surface area contributed by atoms with Crippen LogP contribution in [-0.4, -0.2) is 20.1 Å². The van der Waals surface area contributed by atoms with E-state index in [4.69, 9.17) is 5.73 Å². The number of nitro groups is 1. The molecule has 0 atom stereocenters. The molecule has 0 aliphatic carbocycles. The summed E-state index contributed by atoms with van der Waals surface area (Å²) in [5.41, 5.74) is 7.72. The molecule has 106 valence electrons. The molecule has 0 saturated carbocycles. The minimum absolute atomic E-state index is 0.0828. The van der Waals surface area contributed by atoms with Gasteiger partial charge in [-0.05, 0) is 31.2 Å². The molecule has 1 aromatic carbocycles. The Balaban J connectivity index is 2.06. The molecular formula is C13H12N6O2. The maximum atomic E-state index is 11.1. The predicted molar refractivity (Wildman–Crippen MR) is 79.4 cm³/mol. The molecule has 0 spiro atoms. The third-order valence-corrected chi connectivity index (χ3v) is 3.04. The van der Waals surface area contributed by atoms with E-state index < -0.39 is 4.92 Å². The number of fused-ring (bicyclic) bond motifs is 1. The van der Waals surface area contributed by atoms with E-state index in [9.17, 15) is 10.1 Å². The van der Waals surface area contributed by atoms with Crippen molar-refractivity contribution in [2.24, 2.45) is 0 Å². The van der Waals surface area contributed by atoms with Gasteiger partial charge in [-0.2, -0.15) is 5.10 Å². The molecule has 0 amide bonds. The monoisotopic (exact) mass is 284 g/mol. The second-order valence-corrected chi connectivity index (χ2v) is 4.60. The molecule has 0 bridgehead atoms. The zero-order valence-electron chi connectivity index (χ0n) is 11.1. The number of hydrogen-bond acceptors (Lipinski definition) is 6. The Morgan fingerprint density at radius 1 is 1.38 bits per heavy atom. The van der Waals surface area contributed by atoms with Gasteiger partial charge in [0.05, 0.1) is 16.6 Å². The van der Waals surface area contributed by atoms with E-state index >= 15 is 0 Å². The molecule has 2 heterocycles. The van der Waals surface area contributed by atoms with Crippen molar-refractivity contribution in [1.29, 1.82) is 0 Å². The summed E-state index contributed by atoms with van der Waals surface area (Å²) >= 11 is 0. The van der Waals surface area contributed by atoms with Gasteiger partial charge in [0.25, 0.3) is 0 Å². The van der Waals surface area contributed by atoms with Crippen molar-refractivity contribution in [2.45, 2.75) is 6.92 Å². The van der Waals surface area contributed by atoms with Crippen LogP contribution in [0.25, 0.3) is 10.9 Å². The molecule has 21 heavy (non-hydrogen) atoms. The quantitative estimate of drug-likeness (QED) is 0.501. The highest BCUT2D eigenvalue weighted by atomic mass is 16.6. The lowest BCUT2D eigenvalue weighted by Crippen LogP contribution is -2.04. The Bertz CT molecular complexity index is 842. The summed E-state index contributed by atoms with van der Waals surface area (Å²) in [5.74, 6) is 0.125. The fraction of sp³-hybridized carbons (Fsp3) is 0.0769. The second kappa shape index (κ2) is 4.75. The van der Waals surface area contributed by atoms with Gasteiger partial charge in [-0.3, -0.25) is 15.2 Å². The summed E-state index contributed by atoms with van der Waals surface area (Å²) in [6.07, 6.45) is 1.67. The standard InChI is InChI=1S/C13H12N6O2/c1-7-4-10(14)12(19(20)21)13(16-7)17-9-2-3-11-8(5-9)6-15-18-11/h2-6H,1H3,(H,15,18)(H3,14,16,17). The number of aryl methyl sites for hydroxylation is 1. The van der Waals surface area contributed by atoms with Gasteiger partial charge in [-0.15, -0.1) is 0 Å². The summed E-state index contributed by atoms with van der Waals surface area (Å²) in [4.78, 5) is 14.8. The first-order chi connectivity index (χ1) is 10.0. The molecule has 0 saturated heterocycles. The van der Waals surface area contributed by atoms with E-state index in [-0.39, 0.29) is 17.2 Å². The number of nitrogens with zero attached hydrogens (tertiary/aromatic N) is 3. The van der Waals surface area contributed by atoms with E-state index in [1.165, 1.54) is 6.07 Å². The highest BCUT2D eigenvalue weighted by Crippen LogP contribution is 2.32. The van der Waals surface area contributed by atoms with Gasteiger partial charge in [0, 0.05) is 16.8 Å². The molecular weight excluding hydrogens is 272 g/mol. The summed E-state index contributed by atoms with van der Waals surface area (Å²) in [6, 6.07) is 6.91. The molecule has 2 aromatic heterocycles. The Kier molecular flexibility index (Phi) is 2.90. The lowest BCUT2D eigenvalue weighted by atomic mass is 10.2. The van der Waals surface area contributed by atoms with Gasteiger partial charge in [-0.1, -0.05) is 0 Å². The van der Waals surface area contributed by atoms with Crippen LogP contribution >= 0.6 is 0 Å². The number of anilines is 3. The SMILES string of the molecule is Cc1cc(N)c([N+](=O)[O-])c(Nc2ccc3[nH]ncc3c2)n1. The van der Waals surface area contributed by atoms with Crippen LogP contribution in [0.15, 0.2) is 30.5 Å². The maximum Gasteiger partial charge on any atom is 0.334 e. The van der Waals surface area contributed by atoms with Gasteiger partial charge in [0.15, 0.2) is 0 Å². The van der Waals surface area contributed by atoms with E-state index in [0.717, 1.165) is 10.9 Å². The Hall–Kier alpha value is -3.16. The van der Waals surface area contributed by atoms with Crippen molar-refractivity contribution >= 4 is 33.8 Å². The zero-order chi connectivity index (χ0) is 15.0. The minimum atomic E-state index is -0.541. The van der Waals surface area contributed by atoms with E-state index in [1.54, 1.807) is 19.2 Å². The highest BCUT2D eigenvalue weighted by Gasteiger charge is 2.20. The highest BCUT2D eigenvalue weighted by molar-refractivity contribution is 5.84. The summed E-state index contributed by atoms with van der Waals surface area (Å²) in [6.45, 7) is 1.73. The van der Waals surface area contributed by atoms with E-state index in [1.807, 2.05) is 12.1 Å². The van der Waals surface area contributed by atoms with Crippen molar-refractivity contribution < 1.29 is 4.92 Å². The zero-order valence-corrected chi connectivity index (χ0v) is 11.1. The first-order valence-corrected chi connectivity index (χ1v) is 6.16. The van der Waals surface area contributed by atoms with Crippen molar-refractivity contribution in [2.75, 3.05) is 11.1 Å². The van der Waals surface area contributed by atoms with Crippen LogP contribution in [-0.2, 0) is 0 Å². The number of benzene rings is 1. The van der Waals surface area contributed by atoms with Gasteiger partial charge >= 0.3 is 5.69 Å². The average molecular weight is 284 g/mol. The molecule has 0 unspecified atom stereocenters. The fourth-order valence-corrected chi connectivity index (χ4v) is 2.13. The van der Waals surface area contributed by atoms with Gasteiger partial charge in [0.1, 0.15) is 5.69 Å². The first-order valence-electron chi connectivity index (χ1n) is 6.16. The number of hydrogen-bond donors (Lipinski definition) is 3. The molecule has 0 radical (unpaired) electrons. The van der Waals surface area contributed by atoms with Gasteiger partial charge in [-0.25, -0.2) is 4.98 Å². The summed E-state index contributed by atoms with van der Waals surface area (Å²) < 4.78 is 0. The number of aromatic amines is 1. The van der Waals surface area contributed by atoms with Crippen LogP contribution in [0.1, 0.15) is 5.69 Å². The first kappa shape index (κ1) is 12.9. The van der Waals surface area contributed by atoms with Crippen molar-refractivity contribution in [3.05, 3.63) is 46.3 Å². The number of nitrogen functional groups attached to an aromatic ring is 1. The lowest BCUT2D eigenvalue weighted by Gasteiger charge is -2.09. The molecule has 0 aliphatic rings. The lowest BCUT2D eigenvalue weighted by molar-refractivity contribution is -0.383. The molecule has 8 nitrogen and oxygen atoms in total. The molecule has 3 aromatic rings. The number of pyridine rings is 1. The Labute approximate surface area is 119 Å². The molecule has 4 N–H and O–H groups in total. The van der Waals surface area contributed by atoms with E-state index in [0.29, 0.717) is 11.4 Å². The third-order valence-electron chi connectivity index (χ3n) is 3.04. The van der Waals surface area contributed by atoms with Crippen molar-refractivity contribution in [3.63, 3.8) is 0 Å². The number of aromatic nitrogens is 3. The molecule has 0 aliphatic heterocycles. The van der Waals surface area contributed by atoms with Crippen LogP contribution in [0.4, 0.5) is 22.9 Å². The summed E-state index contributed by atoms with van der Waals surface area (Å²) in [7, 11) is 0. The third kappa shape index (κ3) is 2.34. The number of nitrogens with two attached hydrogens (primary N) is 1. The van der Waals surface area contributed by atoms with E-state index in [2.05, 4.69) is 20.5 Å². The summed E-state index contributed by atoms with van der Waals surface area (Å²) in [5, 5.41) is 21.7. The number of H-pyrrole nitrogens is 1. The van der Waals surface area contributed by atoms with Crippen molar-refractivity contribution in [1.82, 2.24) is 15.2 Å². The number of nitrogens with one attached hydrogen (secondary N) is 2. The van der Waals surface area contributed by atoms with Crippen LogP contribution in [0, 0.1) is 17.0 Å². The van der Waals surface area contributed by atoms with Crippen molar-refractivity contribution in [3.8, 4) is 0 Å². The normalized spacial score (nSPS) is 10.7. The van der Waals surface area contributed by atoms with Crippen LogP contribution < -0.4 is 11.1 Å². The largest absolute Gasteiger partial charge is 0.393 e.